The predicted molar refractivity (Wildman–Crippen MR) is 167 cm³/mol. The summed E-state index contributed by atoms with van der Waals surface area (Å²) in [6.45, 7) is 4.24. The normalized spacial score (nSPS) is 16.7. The van der Waals surface area contributed by atoms with Gasteiger partial charge >= 0.3 is 0 Å². The molecule has 1 aromatic heterocycles. The van der Waals surface area contributed by atoms with Crippen LogP contribution in [-0.2, 0) is 9.59 Å². The van der Waals surface area contributed by atoms with Crippen LogP contribution in [0.2, 0.25) is 0 Å². The van der Waals surface area contributed by atoms with E-state index in [0.29, 0.717) is 63.0 Å². The van der Waals surface area contributed by atoms with E-state index in [2.05, 4.69) is 35.4 Å². The number of nitriles is 1. The van der Waals surface area contributed by atoms with Crippen molar-refractivity contribution in [3.8, 4) is 17.6 Å². The van der Waals surface area contributed by atoms with Gasteiger partial charge in [0.05, 0.1) is 37.5 Å². The van der Waals surface area contributed by atoms with Crippen LogP contribution < -0.4 is 25.4 Å². The van der Waals surface area contributed by atoms with Gasteiger partial charge < -0.3 is 20.5 Å². The zero-order valence-electron chi connectivity index (χ0n) is 24.3. The van der Waals surface area contributed by atoms with Crippen molar-refractivity contribution in [3.05, 3.63) is 76.3 Å². The first-order valence-corrected chi connectivity index (χ1v) is 15.6. The van der Waals surface area contributed by atoms with E-state index in [0.717, 1.165) is 11.3 Å². The Morgan fingerprint density at radius 2 is 1.86 bits per heavy atom. The summed E-state index contributed by atoms with van der Waals surface area (Å²) in [6, 6.07) is 15.5. The smallest absolute Gasteiger partial charge is 0.234 e. The zero-order valence-corrected chi connectivity index (χ0v) is 26.0. The summed E-state index contributed by atoms with van der Waals surface area (Å²) in [5, 5.41) is 22.2. The van der Waals surface area contributed by atoms with Gasteiger partial charge in [-0.2, -0.15) is 5.26 Å². The fourth-order valence-electron chi connectivity index (χ4n) is 5.27. The second-order valence-electron chi connectivity index (χ2n) is 10.4. The third kappa shape index (κ3) is 6.23. The molecule has 3 N–H and O–H groups in total. The molecular formula is C31H32N6O4S2. The van der Waals surface area contributed by atoms with E-state index < -0.39 is 5.92 Å². The average Bonchev–Trinajstić information content (AvgIpc) is 3.47. The monoisotopic (exact) mass is 616 g/mol. The van der Waals surface area contributed by atoms with Crippen molar-refractivity contribution in [2.24, 2.45) is 5.73 Å². The Morgan fingerprint density at radius 1 is 1.16 bits per heavy atom. The molecule has 12 heteroatoms. The molecule has 2 aliphatic rings. The number of amides is 1. The number of rotatable bonds is 9. The fourth-order valence-corrected chi connectivity index (χ4v) is 6.95. The number of allylic oxidation sites excluding steroid dienone is 3. The molecule has 1 atom stereocenters. The van der Waals surface area contributed by atoms with Crippen molar-refractivity contribution < 1.29 is 19.1 Å². The maximum absolute atomic E-state index is 13.4. The van der Waals surface area contributed by atoms with E-state index in [1.54, 1.807) is 37.3 Å². The van der Waals surface area contributed by atoms with Crippen molar-refractivity contribution in [1.82, 2.24) is 10.2 Å². The molecule has 43 heavy (non-hydrogen) atoms. The van der Waals surface area contributed by atoms with E-state index in [1.165, 1.54) is 28.7 Å². The molecule has 3 aromatic rings. The Balaban J connectivity index is 1.39. The van der Waals surface area contributed by atoms with E-state index in [1.807, 2.05) is 24.3 Å². The Bertz CT molecular complexity index is 1630. The maximum atomic E-state index is 13.4. The third-order valence-corrected chi connectivity index (χ3v) is 9.44. The molecular weight excluding hydrogens is 585 g/mol. The van der Waals surface area contributed by atoms with Gasteiger partial charge in [-0.15, -0.1) is 10.2 Å². The van der Waals surface area contributed by atoms with Gasteiger partial charge in [-0.05, 0) is 29.9 Å². The summed E-state index contributed by atoms with van der Waals surface area (Å²) in [7, 11) is 3.08. The standard InChI is InChI=1S/C31H32N6O4S2/c1-17(2)18-8-10-19(11-9-18)27-23(15-32)29(33)37(24-6-5-7-25(38)28(24)27)30-35-36-31(43-30)42-16-26(39)34-20-12-21(40-3)14-22(13-20)41-4/h8-14,17,27H,5-7,16,33H2,1-4H3,(H,34,39). The summed E-state index contributed by atoms with van der Waals surface area (Å²) >= 11 is 2.48. The van der Waals surface area contributed by atoms with Gasteiger partial charge in [-0.25, -0.2) is 0 Å². The molecule has 1 aliphatic carbocycles. The van der Waals surface area contributed by atoms with Crippen LogP contribution in [0.5, 0.6) is 11.5 Å². The molecule has 2 heterocycles. The highest BCUT2D eigenvalue weighted by Gasteiger charge is 2.41. The topological polar surface area (TPSA) is 143 Å². The summed E-state index contributed by atoms with van der Waals surface area (Å²) in [4.78, 5) is 27.8. The predicted octanol–water partition coefficient (Wildman–Crippen LogP) is 5.71. The van der Waals surface area contributed by atoms with Crippen molar-refractivity contribution in [1.29, 1.82) is 5.26 Å². The Hall–Kier alpha value is -4.34. The number of aromatic nitrogens is 2. The van der Waals surface area contributed by atoms with E-state index >= 15 is 0 Å². The number of methoxy groups -OCH3 is 2. The van der Waals surface area contributed by atoms with Crippen LogP contribution >= 0.6 is 23.1 Å². The zero-order chi connectivity index (χ0) is 30.7. The summed E-state index contributed by atoms with van der Waals surface area (Å²) in [5.41, 5.74) is 10.9. The number of nitrogens with one attached hydrogen (secondary N) is 1. The van der Waals surface area contributed by atoms with Crippen LogP contribution in [-0.4, -0.2) is 41.9 Å². The maximum Gasteiger partial charge on any atom is 0.234 e. The van der Waals surface area contributed by atoms with Gasteiger partial charge in [0.25, 0.3) is 0 Å². The number of carbonyl (C=O) groups is 2. The first-order valence-electron chi connectivity index (χ1n) is 13.8. The molecule has 10 nitrogen and oxygen atoms in total. The number of benzene rings is 2. The van der Waals surface area contributed by atoms with Crippen molar-refractivity contribution in [2.45, 2.75) is 49.3 Å². The second-order valence-corrected chi connectivity index (χ2v) is 12.6. The number of hydrogen-bond acceptors (Lipinski definition) is 11. The number of carbonyl (C=O) groups excluding carboxylic acids is 2. The number of anilines is 2. The van der Waals surface area contributed by atoms with E-state index in [9.17, 15) is 14.9 Å². The molecule has 5 rings (SSSR count). The van der Waals surface area contributed by atoms with Gasteiger partial charge in [-0.3, -0.25) is 14.5 Å². The molecule has 0 saturated carbocycles. The lowest BCUT2D eigenvalue weighted by molar-refractivity contribution is -0.116. The minimum absolute atomic E-state index is 0.00870. The van der Waals surface area contributed by atoms with Crippen LogP contribution in [0.1, 0.15) is 56.1 Å². The van der Waals surface area contributed by atoms with Gasteiger partial charge in [0, 0.05) is 41.6 Å². The third-order valence-electron chi connectivity index (χ3n) is 7.40. The first-order chi connectivity index (χ1) is 20.7. The molecule has 1 unspecified atom stereocenters. The minimum Gasteiger partial charge on any atom is -0.497 e. The highest BCUT2D eigenvalue weighted by Crippen LogP contribution is 2.47. The Kier molecular flexibility index (Phi) is 9.03. The van der Waals surface area contributed by atoms with Gasteiger partial charge in [0.15, 0.2) is 10.1 Å². The molecule has 2 aromatic carbocycles. The lowest BCUT2D eigenvalue weighted by Gasteiger charge is -2.38. The molecule has 0 bridgehead atoms. The summed E-state index contributed by atoms with van der Waals surface area (Å²) in [6.07, 6.45) is 1.71. The van der Waals surface area contributed by atoms with Crippen LogP contribution in [0.25, 0.3) is 0 Å². The van der Waals surface area contributed by atoms with Crippen molar-refractivity contribution in [2.75, 3.05) is 30.2 Å². The Morgan fingerprint density at radius 3 is 2.49 bits per heavy atom. The molecule has 0 radical (unpaired) electrons. The van der Waals surface area contributed by atoms with E-state index in [-0.39, 0.29) is 23.3 Å². The lowest BCUT2D eigenvalue weighted by atomic mass is 9.75. The van der Waals surface area contributed by atoms with Gasteiger partial charge in [-0.1, -0.05) is 61.2 Å². The number of nitrogens with zero attached hydrogens (tertiary/aromatic N) is 4. The number of ether oxygens (including phenoxy) is 2. The number of Topliss-reactive ketones (excluding diaryl/α,β-unsaturated/α-hetero) is 1. The van der Waals surface area contributed by atoms with Gasteiger partial charge in [0.1, 0.15) is 17.3 Å². The lowest BCUT2D eigenvalue weighted by Crippen LogP contribution is -2.38. The quantitative estimate of drug-likeness (QED) is 0.287. The van der Waals surface area contributed by atoms with Crippen molar-refractivity contribution in [3.63, 3.8) is 0 Å². The average molecular weight is 617 g/mol. The molecule has 222 valence electrons. The molecule has 0 spiro atoms. The molecule has 0 saturated heterocycles. The first kappa shape index (κ1) is 30.1. The summed E-state index contributed by atoms with van der Waals surface area (Å²) in [5.74, 6) is 1.04. The number of hydrogen-bond donors (Lipinski definition) is 2. The van der Waals surface area contributed by atoms with Gasteiger partial charge in [0.2, 0.25) is 11.0 Å². The van der Waals surface area contributed by atoms with Crippen molar-refractivity contribution >= 4 is 45.6 Å². The molecule has 1 amide bonds. The fraction of sp³-hybridized carbons (Fsp3) is 0.323. The van der Waals surface area contributed by atoms with E-state index in [4.69, 9.17) is 15.2 Å². The Labute approximate surface area is 258 Å². The van der Waals surface area contributed by atoms with Crippen LogP contribution in [0, 0.1) is 11.3 Å². The largest absolute Gasteiger partial charge is 0.497 e. The summed E-state index contributed by atoms with van der Waals surface area (Å²) < 4.78 is 11.1. The highest BCUT2D eigenvalue weighted by atomic mass is 32.2. The van der Waals surface area contributed by atoms with Crippen LogP contribution in [0.4, 0.5) is 10.8 Å². The number of ketones is 1. The SMILES string of the molecule is COc1cc(NC(=O)CSc2nnc(N3C(N)=C(C#N)C(c4ccc(C(C)C)cc4)C4=C3CCCC4=O)s2)cc(OC)c1. The number of nitrogens with two attached hydrogens (primary N) is 1. The molecule has 0 fully saturated rings. The molecule has 1 aliphatic heterocycles. The highest BCUT2D eigenvalue weighted by molar-refractivity contribution is 8.01. The van der Waals surface area contributed by atoms with Crippen LogP contribution in [0.15, 0.2) is 69.5 Å². The second kappa shape index (κ2) is 12.9. The van der Waals surface area contributed by atoms with Crippen LogP contribution in [0.3, 0.4) is 0 Å². The number of thioether (sulfide) groups is 1. The minimum atomic E-state index is -0.536.